The van der Waals surface area contributed by atoms with Crippen LogP contribution in [0.4, 0.5) is 10.1 Å². The Morgan fingerprint density at radius 2 is 1.85 bits per heavy atom. The summed E-state index contributed by atoms with van der Waals surface area (Å²) in [6.45, 7) is 0.555. The summed E-state index contributed by atoms with van der Waals surface area (Å²) in [7, 11) is 3.40. The normalized spacial score (nSPS) is 11.7. The van der Waals surface area contributed by atoms with Crippen LogP contribution in [0.25, 0.3) is 0 Å². The Bertz CT molecular complexity index is 832. The average Bonchev–Trinajstić information content (AvgIpc) is 2.57. The summed E-state index contributed by atoms with van der Waals surface area (Å²) >= 11 is 11.8. The average molecular weight is 413 g/mol. The van der Waals surface area contributed by atoms with Gasteiger partial charge in [-0.3, -0.25) is 9.59 Å². The number of anilines is 1. The van der Waals surface area contributed by atoms with E-state index in [9.17, 15) is 14.0 Å². The van der Waals surface area contributed by atoms with Gasteiger partial charge in [-0.25, -0.2) is 4.39 Å². The first-order valence-electron chi connectivity index (χ1n) is 8.29. The highest BCUT2D eigenvalue weighted by molar-refractivity contribution is 6.42. The smallest absolute Gasteiger partial charge is 0.279 e. The van der Waals surface area contributed by atoms with Crippen LogP contribution in [0.1, 0.15) is 5.56 Å². The minimum absolute atomic E-state index is 0.111. The van der Waals surface area contributed by atoms with E-state index >= 15 is 0 Å². The number of nitrogens with one attached hydrogen (secondary N) is 2. The van der Waals surface area contributed by atoms with Crippen LogP contribution < -0.4 is 10.2 Å². The molecule has 2 aromatic carbocycles. The molecule has 8 heteroatoms. The molecule has 1 unspecified atom stereocenters. The monoisotopic (exact) mass is 412 g/mol. The number of hydrogen-bond donors (Lipinski definition) is 2. The van der Waals surface area contributed by atoms with E-state index in [2.05, 4.69) is 5.32 Å². The van der Waals surface area contributed by atoms with Gasteiger partial charge in [-0.15, -0.1) is 0 Å². The third-order valence-corrected chi connectivity index (χ3v) is 4.59. The maximum Gasteiger partial charge on any atom is 0.279 e. The van der Waals surface area contributed by atoms with Gasteiger partial charge in [0.2, 0.25) is 0 Å². The number of carbonyl (C=O) groups is 2. The van der Waals surface area contributed by atoms with E-state index in [1.165, 1.54) is 17.0 Å². The molecule has 0 spiro atoms. The number of benzene rings is 2. The van der Waals surface area contributed by atoms with Gasteiger partial charge in [0, 0.05) is 19.3 Å². The molecule has 2 aromatic rings. The molecule has 0 bridgehead atoms. The maximum absolute atomic E-state index is 13.2. The Kier molecular flexibility index (Phi) is 7.59. The van der Waals surface area contributed by atoms with Crippen molar-refractivity contribution in [1.82, 2.24) is 4.90 Å². The van der Waals surface area contributed by atoms with Crippen LogP contribution in [-0.4, -0.2) is 43.9 Å². The standard InChI is InChI=1S/C19H20Cl2FN3O2/c1-24(11-18(26)23-15-6-7-16(20)17(21)9-15)12-19(27)25(2)10-13-4-3-5-14(22)8-13/h3-9H,10-12H2,1-2H3,(H,23,26)/p+1. The van der Waals surface area contributed by atoms with Crippen molar-refractivity contribution in [3.8, 4) is 0 Å². The van der Waals surface area contributed by atoms with Gasteiger partial charge in [0.05, 0.1) is 17.1 Å². The van der Waals surface area contributed by atoms with E-state index in [0.717, 1.165) is 4.90 Å². The van der Waals surface area contributed by atoms with E-state index in [1.807, 2.05) is 0 Å². The molecule has 0 aliphatic rings. The molecule has 144 valence electrons. The van der Waals surface area contributed by atoms with Crippen molar-refractivity contribution in [2.45, 2.75) is 6.54 Å². The Balaban J connectivity index is 1.82. The maximum atomic E-state index is 13.2. The predicted octanol–water partition coefficient (Wildman–Crippen LogP) is 2.24. The second-order valence-electron chi connectivity index (χ2n) is 6.37. The van der Waals surface area contributed by atoms with Crippen LogP contribution in [0, 0.1) is 5.82 Å². The first kappa shape index (κ1) is 21.2. The molecule has 2 rings (SSSR count). The molecule has 0 saturated carbocycles. The number of rotatable bonds is 7. The molecule has 2 amide bonds. The zero-order valence-electron chi connectivity index (χ0n) is 15.1. The number of likely N-dealkylation sites (N-methyl/N-ethyl adjacent to an activating group) is 2. The van der Waals surface area contributed by atoms with Crippen molar-refractivity contribution in [1.29, 1.82) is 0 Å². The topological polar surface area (TPSA) is 53.9 Å². The van der Waals surface area contributed by atoms with Crippen LogP contribution in [-0.2, 0) is 16.1 Å². The van der Waals surface area contributed by atoms with Gasteiger partial charge in [0.15, 0.2) is 13.1 Å². The Labute approximate surface area is 167 Å². The summed E-state index contributed by atoms with van der Waals surface area (Å²) in [5.74, 6) is -0.722. The number of quaternary nitrogens is 1. The Morgan fingerprint density at radius 3 is 2.52 bits per heavy atom. The Morgan fingerprint density at radius 1 is 1.11 bits per heavy atom. The molecule has 0 aliphatic carbocycles. The molecule has 1 atom stereocenters. The number of carbonyl (C=O) groups excluding carboxylic acids is 2. The predicted molar refractivity (Wildman–Crippen MR) is 105 cm³/mol. The quantitative estimate of drug-likeness (QED) is 0.732. The number of amides is 2. The number of hydrogen-bond acceptors (Lipinski definition) is 2. The van der Waals surface area contributed by atoms with Gasteiger partial charge >= 0.3 is 0 Å². The van der Waals surface area contributed by atoms with Crippen molar-refractivity contribution in [2.24, 2.45) is 0 Å². The molecule has 2 N–H and O–H groups in total. The summed E-state index contributed by atoms with van der Waals surface area (Å²) in [5, 5.41) is 3.48. The number of halogens is 3. The highest BCUT2D eigenvalue weighted by Gasteiger charge is 2.18. The molecular formula is C19H21Cl2FN3O2+. The first-order valence-corrected chi connectivity index (χ1v) is 9.05. The van der Waals surface area contributed by atoms with Gasteiger partial charge < -0.3 is 15.1 Å². The minimum Gasteiger partial charge on any atom is -0.337 e. The SMILES string of the molecule is CN(Cc1cccc(F)c1)C(=O)C[NH+](C)CC(=O)Nc1ccc(Cl)c(Cl)c1. The summed E-state index contributed by atoms with van der Waals surface area (Å²) in [4.78, 5) is 26.7. The van der Waals surface area contributed by atoms with E-state index < -0.39 is 0 Å². The van der Waals surface area contributed by atoms with Crippen LogP contribution in [0.15, 0.2) is 42.5 Å². The van der Waals surface area contributed by atoms with Crippen molar-refractivity contribution in [3.63, 3.8) is 0 Å². The van der Waals surface area contributed by atoms with Crippen molar-refractivity contribution in [3.05, 3.63) is 63.9 Å². The molecule has 0 aliphatic heterocycles. The van der Waals surface area contributed by atoms with Gasteiger partial charge in [-0.05, 0) is 35.9 Å². The van der Waals surface area contributed by atoms with Gasteiger partial charge in [0.25, 0.3) is 11.8 Å². The van der Waals surface area contributed by atoms with Crippen LogP contribution in [0.3, 0.4) is 0 Å². The lowest BCUT2D eigenvalue weighted by Crippen LogP contribution is -3.11. The summed E-state index contributed by atoms with van der Waals surface area (Å²) in [5.41, 5.74) is 1.25. The van der Waals surface area contributed by atoms with E-state index in [0.29, 0.717) is 27.8 Å². The fraction of sp³-hybridized carbons (Fsp3) is 0.263. The molecule has 0 radical (unpaired) electrons. The highest BCUT2D eigenvalue weighted by Crippen LogP contribution is 2.24. The van der Waals surface area contributed by atoms with Crippen LogP contribution >= 0.6 is 23.2 Å². The van der Waals surface area contributed by atoms with Crippen molar-refractivity contribution in [2.75, 3.05) is 32.5 Å². The second kappa shape index (κ2) is 9.69. The lowest BCUT2D eigenvalue weighted by Gasteiger charge is -2.20. The fourth-order valence-corrected chi connectivity index (χ4v) is 2.80. The molecule has 0 heterocycles. The molecular weight excluding hydrogens is 392 g/mol. The van der Waals surface area contributed by atoms with Gasteiger partial charge in [0.1, 0.15) is 5.82 Å². The summed E-state index contributed by atoms with van der Waals surface area (Å²) in [6.07, 6.45) is 0. The zero-order chi connectivity index (χ0) is 20.0. The largest absolute Gasteiger partial charge is 0.337 e. The number of nitrogens with zero attached hydrogens (tertiary/aromatic N) is 1. The van der Waals surface area contributed by atoms with Gasteiger partial charge in [-0.2, -0.15) is 0 Å². The zero-order valence-corrected chi connectivity index (χ0v) is 16.6. The summed E-state index contributed by atoms with van der Waals surface area (Å²) in [6, 6.07) is 10.9. The lowest BCUT2D eigenvalue weighted by atomic mass is 10.2. The third kappa shape index (κ3) is 6.82. The van der Waals surface area contributed by atoms with Crippen molar-refractivity contribution < 1.29 is 18.9 Å². The highest BCUT2D eigenvalue weighted by atomic mass is 35.5. The summed E-state index contributed by atoms with van der Waals surface area (Å²) < 4.78 is 13.2. The van der Waals surface area contributed by atoms with Crippen LogP contribution in [0.2, 0.25) is 10.0 Å². The molecule has 0 fully saturated rings. The minimum atomic E-state index is -0.338. The Hall–Kier alpha value is -2.15. The second-order valence-corrected chi connectivity index (χ2v) is 7.18. The van der Waals surface area contributed by atoms with Crippen molar-refractivity contribution >= 4 is 40.7 Å². The molecule has 0 aromatic heterocycles. The van der Waals surface area contributed by atoms with E-state index in [4.69, 9.17) is 23.2 Å². The van der Waals surface area contributed by atoms with Crippen LogP contribution in [0.5, 0.6) is 0 Å². The van der Waals surface area contributed by atoms with E-state index in [1.54, 1.807) is 44.4 Å². The van der Waals surface area contributed by atoms with E-state index in [-0.39, 0.29) is 30.7 Å². The lowest BCUT2D eigenvalue weighted by molar-refractivity contribution is -0.862. The molecule has 5 nitrogen and oxygen atoms in total. The third-order valence-electron chi connectivity index (χ3n) is 3.85. The fourth-order valence-electron chi connectivity index (χ4n) is 2.51. The molecule has 27 heavy (non-hydrogen) atoms. The molecule has 0 saturated heterocycles. The van der Waals surface area contributed by atoms with Gasteiger partial charge in [-0.1, -0.05) is 35.3 Å². The first-order chi connectivity index (χ1) is 12.7.